The summed E-state index contributed by atoms with van der Waals surface area (Å²) < 4.78 is 1.10. The van der Waals surface area contributed by atoms with Crippen molar-refractivity contribution >= 4 is 16.5 Å². The van der Waals surface area contributed by atoms with E-state index in [9.17, 15) is 0 Å². The molecule has 0 N–H and O–H groups in total. The van der Waals surface area contributed by atoms with Crippen molar-refractivity contribution in [3.8, 4) is 0 Å². The van der Waals surface area contributed by atoms with Crippen LogP contribution in [0.15, 0.2) is 4.99 Å². The van der Waals surface area contributed by atoms with E-state index in [2.05, 4.69) is 22.3 Å². The van der Waals surface area contributed by atoms with E-state index in [0.717, 1.165) is 23.7 Å². The van der Waals surface area contributed by atoms with Crippen LogP contribution in [0.1, 0.15) is 6.42 Å². The molecule has 1 aliphatic rings. The van der Waals surface area contributed by atoms with Gasteiger partial charge in [-0.3, -0.25) is 0 Å². The van der Waals surface area contributed by atoms with Crippen molar-refractivity contribution in [3.63, 3.8) is 0 Å². The van der Waals surface area contributed by atoms with Crippen molar-refractivity contribution in [3.05, 3.63) is 0 Å². The SMILES string of the molecule is C[N+]1(CCC[Si])CC=NC1. The predicted octanol–water partition coefficient (Wildman–Crippen LogP) is 0.452. The van der Waals surface area contributed by atoms with Gasteiger partial charge in [-0.1, -0.05) is 6.04 Å². The molecule has 3 heteroatoms. The fourth-order valence-electron chi connectivity index (χ4n) is 1.19. The fourth-order valence-corrected chi connectivity index (χ4v) is 1.35. The Bertz CT molecular complexity index is 126. The van der Waals surface area contributed by atoms with Gasteiger partial charge in [0.2, 0.25) is 0 Å². The van der Waals surface area contributed by atoms with E-state index >= 15 is 0 Å². The lowest BCUT2D eigenvalue weighted by molar-refractivity contribution is -0.894. The van der Waals surface area contributed by atoms with Crippen molar-refractivity contribution in [2.24, 2.45) is 4.99 Å². The molecule has 0 amide bonds. The van der Waals surface area contributed by atoms with Crippen molar-refractivity contribution in [1.82, 2.24) is 0 Å². The average molecular weight is 154 g/mol. The number of quaternary nitrogens is 1. The minimum absolute atomic E-state index is 0.978. The maximum atomic E-state index is 4.22. The Morgan fingerprint density at radius 2 is 2.50 bits per heavy atom. The summed E-state index contributed by atoms with van der Waals surface area (Å²) in [5.41, 5.74) is 0. The Morgan fingerprint density at radius 3 is 3.00 bits per heavy atom. The number of rotatable bonds is 3. The minimum atomic E-state index is 0.978. The Hall–Kier alpha value is -0.153. The minimum Gasteiger partial charge on any atom is -0.303 e. The van der Waals surface area contributed by atoms with Gasteiger partial charge in [-0.15, -0.1) is 0 Å². The molecule has 2 nitrogen and oxygen atoms in total. The van der Waals surface area contributed by atoms with Gasteiger partial charge in [0.25, 0.3) is 0 Å². The molecular formula is C7H14N2Si+. The van der Waals surface area contributed by atoms with E-state index in [1.54, 1.807) is 0 Å². The summed E-state index contributed by atoms with van der Waals surface area (Å²) in [5.74, 6) is 0. The molecule has 55 valence electrons. The number of hydrogen-bond donors (Lipinski definition) is 0. The zero-order valence-electron chi connectivity index (χ0n) is 6.51. The van der Waals surface area contributed by atoms with Crippen LogP contribution in [0.5, 0.6) is 0 Å². The summed E-state index contributed by atoms with van der Waals surface area (Å²) in [7, 11) is 5.73. The molecule has 0 bridgehead atoms. The monoisotopic (exact) mass is 154 g/mol. The molecule has 1 rings (SSSR count). The standard InChI is InChI=1S/C7H14N2Si/c1-9(4-2-6-10)5-3-8-7-9/h3H,2,4-7H2,1H3/q+1. The molecule has 1 atom stereocenters. The molecule has 0 saturated heterocycles. The van der Waals surface area contributed by atoms with Gasteiger partial charge in [-0.2, -0.15) is 0 Å². The van der Waals surface area contributed by atoms with Gasteiger partial charge in [0.15, 0.2) is 6.67 Å². The van der Waals surface area contributed by atoms with Crippen molar-refractivity contribution in [2.75, 3.05) is 26.8 Å². The number of hydrogen-bond acceptors (Lipinski definition) is 1. The van der Waals surface area contributed by atoms with Crippen LogP contribution in [-0.2, 0) is 0 Å². The third-order valence-electron chi connectivity index (χ3n) is 1.95. The molecule has 3 radical (unpaired) electrons. The molecule has 0 aliphatic carbocycles. The normalized spacial score (nSPS) is 31.4. The van der Waals surface area contributed by atoms with Crippen LogP contribution in [-0.4, -0.2) is 47.7 Å². The van der Waals surface area contributed by atoms with Crippen LogP contribution in [0.25, 0.3) is 0 Å². The largest absolute Gasteiger partial charge is 0.303 e. The lowest BCUT2D eigenvalue weighted by Gasteiger charge is -2.27. The van der Waals surface area contributed by atoms with E-state index < -0.39 is 0 Å². The first-order chi connectivity index (χ1) is 4.77. The molecule has 0 aromatic rings. The summed E-state index contributed by atoms with van der Waals surface area (Å²) in [5, 5.41) is 0. The fraction of sp³-hybridized carbons (Fsp3) is 0.857. The third kappa shape index (κ3) is 1.92. The highest BCUT2D eigenvalue weighted by molar-refractivity contribution is 6.08. The Balaban J connectivity index is 2.24. The zero-order valence-corrected chi connectivity index (χ0v) is 7.51. The maximum Gasteiger partial charge on any atom is 0.172 e. The molecule has 1 heterocycles. The lowest BCUT2D eigenvalue weighted by Crippen LogP contribution is -2.42. The molecule has 0 spiro atoms. The van der Waals surface area contributed by atoms with Crippen LogP contribution >= 0.6 is 0 Å². The van der Waals surface area contributed by atoms with Crippen molar-refractivity contribution in [2.45, 2.75) is 12.5 Å². The smallest absolute Gasteiger partial charge is 0.172 e. The first kappa shape index (κ1) is 7.95. The van der Waals surface area contributed by atoms with Crippen LogP contribution in [0.3, 0.4) is 0 Å². The summed E-state index contributed by atoms with van der Waals surface area (Å²) >= 11 is 0. The molecule has 0 aromatic carbocycles. The van der Waals surface area contributed by atoms with Crippen molar-refractivity contribution < 1.29 is 4.48 Å². The summed E-state index contributed by atoms with van der Waals surface area (Å²) in [6.07, 6.45) is 3.28. The van der Waals surface area contributed by atoms with Gasteiger partial charge in [-0.25, -0.2) is 4.99 Å². The Kier molecular flexibility index (Phi) is 2.62. The average Bonchev–Trinajstić information content (AvgIpc) is 2.33. The molecule has 0 saturated carbocycles. The zero-order chi connectivity index (χ0) is 7.45. The van der Waals surface area contributed by atoms with E-state index in [0.29, 0.717) is 0 Å². The van der Waals surface area contributed by atoms with Gasteiger partial charge in [0, 0.05) is 10.2 Å². The molecule has 10 heavy (non-hydrogen) atoms. The quantitative estimate of drug-likeness (QED) is 0.413. The van der Waals surface area contributed by atoms with Gasteiger partial charge in [0.1, 0.15) is 6.54 Å². The summed E-state index contributed by atoms with van der Waals surface area (Å²) in [6, 6.07) is 1.10. The third-order valence-corrected chi connectivity index (χ3v) is 2.30. The highest BCUT2D eigenvalue weighted by Crippen LogP contribution is 2.08. The van der Waals surface area contributed by atoms with Crippen LogP contribution in [0, 0.1) is 0 Å². The molecule has 0 fully saturated rings. The Labute approximate surface area is 66.0 Å². The second-order valence-corrected chi connectivity index (χ2v) is 3.64. The highest BCUT2D eigenvalue weighted by Gasteiger charge is 2.22. The molecule has 1 aliphatic heterocycles. The van der Waals surface area contributed by atoms with E-state index in [1.807, 2.05) is 6.21 Å². The van der Waals surface area contributed by atoms with Gasteiger partial charge < -0.3 is 4.48 Å². The highest BCUT2D eigenvalue weighted by atomic mass is 28.1. The molecule has 1 unspecified atom stereocenters. The number of nitrogens with zero attached hydrogens (tertiary/aromatic N) is 2. The number of aliphatic imine (C=N–C) groups is 1. The first-order valence-corrected chi connectivity index (χ1v) is 4.44. The molecule has 0 aromatic heterocycles. The van der Waals surface area contributed by atoms with Crippen molar-refractivity contribution in [1.29, 1.82) is 0 Å². The summed E-state index contributed by atoms with van der Waals surface area (Å²) in [6.45, 7) is 3.34. The van der Waals surface area contributed by atoms with E-state index in [-0.39, 0.29) is 0 Å². The second kappa shape index (κ2) is 3.30. The van der Waals surface area contributed by atoms with E-state index in [1.165, 1.54) is 13.0 Å². The molecular weight excluding hydrogens is 140 g/mol. The maximum absolute atomic E-state index is 4.22. The van der Waals surface area contributed by atoms with Gasteiger partial charge in [0.05, 0.1) is 19.8 Å². The topological polar surface area (TPSA) is 12.4 Å². The summed E-state index contributed by atoms with van der Waals surface area (Å²) in [4.78, 5) is 4.22. The van der Waals surface area contributed by atoms with Gasteiger partial charge in [-0.05, 0) is 6.42 Å². The van der Waals surface area contributed by atoms with Gasteiger partial charge >= 0.3 is 0 Å². The van der Waals surface area contributed by atoms with Crippen LogP contribution in [0.2, 0.25) is 6.04 Å². The lowest BCUT2D eigenvalue weighted by atomic mass is 10.4. The first-order valence-electron chi connectivity index (χ1n) is 3.73. The second-order valence-electron chi connectivity index (χ2n) is 3.14. The van der Waals surface area contributed by atoms with Crippen LogP contribution < -0.4 is 0 Å². The van der Waals surface area contributed by atoms with E-state index in [4.69, 9.17) is 0 Å². The van der Waals surface area contributed by atoms with Crippen LogP contribution in [0.4, 0.5) is 0 Å². The Morgan fingerprint density at radius 1 is 1.70 bits per heavy atom. The predicted molar refractivity (Wildman–Crippen MR) is 44.5 cm³/mol.